The van der Waals surface area contributed by atoms with Crippen LogP contribution in [0.2, 0.25) is 0 Å². The highest BCUT2D eigenvalue weighted by Crippen LogP contribution is 2.14. The number of benzene rings is 2. The molecule has 0 aliphatic heterocycles. The normalized spacial score (nSPS) is 12.5. The maximum Gasteiger partial charge on any atom is 0.324 e. The molecule has 4 nitrogen and oxygen atoms in total. The van der Waals surface area contributed by atoms with E-state index in [0.29, 0.717) is 13.0 Å². The van der Waals surface area contributed by atoms with Crippen molar-refractivity contribution in [1.82, 2.24) is 5.32 Å². The van der Waals surface area contributed by atoms with Gasteiger partial charge in [0.15, 0.2) is 0 Å². The van der Waals surface area contributed by atoms with E-state index in [9.17, 15) is 4.79 Å². The molecule has 0 aromatic heterocycles. The third-order valence-corrected chi connectivity index (χ3v) is 3.69. The van der Waals surface area contributed by atoms with Crippen LogP contribution in [0.15, 0.2) is 54.6 Å². The summed E-state index contributed by atoms with van der Waals surface area (Å²) in [6.45, 7) is 6.23. The predicted octanol–water partition coefficient (Wildman–Crippen LogP) is 3.74. The van der Waals surface area contributed by atoms with Crippen LogP contribution in [0.25, 0.3) is 0 Å². The predicted molar refractivity (Wildman–Crippen MR) is 99.6 cm³/mol. The van der Waals surface area contributed by atoms with Crippen LogP contribution < -0.4 is 10.1 Å². The molecule has 0 unspecified atom stereocenters. The lowest BCUT2D eigenvalue weighted by Crippen LogP contribution is -2.42. The number of hydrogen-bond acceptors (Lipinski definition) is 4. The Labute approximate surface area is 150 Å². The maximum absolute atomic E-state index is 12.6. The van der Waals surface area contributed by atoms with E-state index in [-0.39, 0.29) is 5.97 Å². The summed E-state index contributed by atoms with van der Waals surface area (Å²) in [5.74, 6) is 0.585. The summed E-state index contributed by atoms with van der Waals surface area (Å²) in [5.41, 5.74) is 1.68. The molecule has 1 N–H and O–H groups in total. The minimum atomic E-state index is -0.506. The summed E-state index contributed by atoms with van der Waals surface area (Å²) in [6, 6.07) is 17.4. The molecule has 2 aromatic rings. The molecule has 0 saturated heterocycles. The van der Waals surface area contributed by atoms with Gasteiger partial charge in [-0.25, -0.2) is 0 Å². The van der Waals surface area contributed by atoms with Crippen LogP contribution in [0.4, 0.5) is 0 Å². The molecular formula is C21H27NO3. The van der Waals surface area contributed by atoms with Crippen molar-refractivity contribution in [2.45, 2.75) is 45.4 Å². The number of esters is 1. The molecule has 0 bridgehead atoms. The summed E-state index contributed by atoms with van der Waals surface area (Å²) >= 11 is 0. The van der Waals surface area contributed by atoms with Gasteiger partial charge in [-0.2, -0.15) is 0 Å². The van der Waals surface area contributed by atoms with Crippen LogP contribution in [0.1, 0.15) is 31.9 Å². The second kappa shape index (κ2) is 8.67. The van der Waals surface area contributed by atoms with E-state index in [1.165, 1.54) is 0 Å². The van der Waals surface area contributed by atoms with Gasteiger partial charge < -0.3 is 14.8 Å². The molecule has 4 heteroatoms. The van der Waals surface area contributed by atoms with Crippen molar-refractivity contribution in [2.75, 3.05) is 7.11 Å². The largest absolute Gasteiger partial charge is 0.497 e. The number of carbonyl (C=O) groups is 1. The Bertz CT molecular complexity index is 660. The standard InChI is InChI=1S/C21H27NO3/c1-21(2,3)25-20(23)19(14-16-8-6-5-7-9-16)22-15-17-10-12-18(24-4)13-11-17/h5-13,19,22H,14-15H2,1-4H3/t19-/m0/s1. The fourth-order valence-corrected chi connectivity index (χ4v) is 2.45. The first kappa shape index (κ1) is 19.0. The Hall–Kier alpha value is -2.33. The summed E-state index contributed by atoms with van der Waals surface area (Å²) < 4.78 is 10.7. The van der Waals surface area contributed by atoms with Crippen molar-refractivity contribution in [3.05, 3.63) is 65.7 Å². The van der Waals surface area contributed by atoms with Crippen LogP contribution in [0.3, 0.4) is 0 Å². The molecule has 0 heterocycles. The number of hydrogen-bond donors (Lipinski definition) is 1. The van der Waals surface area contributed by atoms with Crippen molar-refractivity contribution in [1.29, 1.82) is 0 Å². The molecule has 1 atom stereocenters. The van der Waals surface area contributed by atoms with Crippen molar-refractivity contribution >= 4 is 5.97 Å². The van der Waals surface area contributed by atoms with Gasteiger partial charge in [-0.1, -0.05) is 42.5 Å². The first-order valence-corrected chi connectivity index (χ1v) is 8.50. The van der Waals surface area contributed by atoms with E-state index in [1.54, 1.807) is 7.11 Å². The first-order chi connectivity index (χ1) is 11.9. The van der Waals surface area contributed by atoms with Crippen molar-refractivity contribution in [3.8, 4) is 5.75 Å². The van der Waals surface area contributed by atoms with Crippen LogP contribution >= 0.6 is 0 Å². The monoisotopic (exact) mass is 341 g/mol. The lowest BCUT2D eigenvalue weighted by molar-refractivity contribution is -0.157. The van der Waals surface area contributed by atoms with Crippen molar-refractivity contribution in [3.63, 3.8) is 0 Å². The first-order valence-electron chi connectivity index (χ1n) is 8.50. The van der Waals surface area contributed by atoms with Gasteiger partial charge in [0.05, 0.1) is 7.11 Å². The maximum atomic E-state index is 12.6. The van der Waals surface area contributed by atoms with Crippen molar-refractivity contribution in [2.24, 2.45) is 0 Å². The zero-order chi connectivity index (χ0) is 18.3. The molecule has 2 aromatic carbocycles. The van der Waals surface area contributed by atoms with E-state index in [1.807, 2.05) is 75.4 Å². The highest BCUT2D eigenvalue weighted by molar-refractivity contribution is 5.76. The molecule has 0 saturated carbocycles. The quantitative estimate of drug-likeness (QED) is 0.780. The van der Waals surface area contributed by atoms with Gasteiger partial charge in [0.2, 0.25) is 0 Å². The smallest absolute Gasteiger partial charge is 0.324 e. The lowest BCUT2D eigenvalue weighted by atomic mass is 10.0. The summed E-state index contributed by atoms with van der Waals surface area (Å²) in [7, 11) is 1.64. The molecule has 134 valence electrons. The summed E-state index contributed by atoms with van der Waals surface area (Å²) in [5, 5.41) is 3.33. The zero-order valence-corrected chi connectivity index (χ0v) is 15.4. The van der Waals surface area contributed by atoms with Gasteiger partial charge in [0.25, 0.3) is 0 Å². The molecule has 0 fully saturated rings. The fraction of sp³-hybridized carbons (Fsp3) is 0.381. The minimum Gasteiger partial charge on any atom is -0.497 e. The molecule has 25 heavy (non-hydrogen) atoms. The average molecular weight is 341 g/mol. The second-order valence-electron chi connectivity index (χ2n) is 7.00. The lowest BCUT2D eigenvalue weighted by Gasteiger charge is -2.25. The Kier molecular flexibility index (Phi) is 6.59. The average Bonchev–Trinajstić information content (AvgIpc) is 2.58. The Morgan fingerprint density at radius 2 is 1.64 bits per heavy atom. The van der Waals surface area contributed by atoms with Gasteiger partial charge in [-0.15, -0.1) is 0 Å². The van der Waals surface area contributed by atoms with Crippen molar-refractivity contribution < 1.29 is 14.3 Å². The molecule has 0 radical (unpaired) electrons. The SMILES string of the molecule is COc1ccc(CN[C@@H](Cc2ccccc2)C(=O)OC(C)(C)C)cc1. The number of ether oxygens (including phenoxy) is 2. The van der Waals surface area contributed by atoms with E-state index >= 15 is 0 Å². The topological polar surface area (TPSA) is 47.6 Å². The van der Waals surface area contributed by atoms with E-state index < -0.39 is 11.6 Å². The number of rotatable bonds is 7. The van der Waals surface area contributed by atoms with E-state index in [0.717, 1.165) is 16.9 Å². The second-order valence-corrected chi connectivity index (χ2v) is 7.00. The van der Waals surface area contributed by atoms with E-state index in [4.69, 9.17) is 9.47 Å². The molecule has 2 rings (SSSR count). The Morgan fingerprint density at radius 1 is 1.00 bits per heavy atom. The molecule has 0 aliphatic rings. The van der Waals surface area contributed by atoms with Gasteiger partial charge in [0.1, 0.15) is 17.4 Å². The summed E-state index contributed by atoms with van der Waals surface area (Å²) in [4.78, 5) is 12.6. The zero-order valence-electron chi connectivity index (χ0n) is 15.4. The highest BCUT2D eigenvalue weighted by Gasteiger charge is 2.25. The van der Waals surface area contributed by atoms with Crippen LogP contribution in [-0.4, -0.2) is 24.7 Å². The third kappa shape index (κ3) is 6.59. The van der Waals surface area contributed by atoms with Gasteiger partial charge in [-0.3, -0.25) is 4.79 Å². The van der Waals surface area contributed by atoms with Crippen LogP contribution in [0.5, 0.6) is 5.75 Å². The number of carbonyl (C=O) groups excluding carboxylic acids is 1. The highest BCUT2D eigenvalue weighted by atomic mass is 16.6. The minimum absolute atomic E-state index is 0.232. The summed E-state index contributed by atoms with van der Waals surface area (Å²) in [6.07, 6.45) is 0.589. The van der Waals surface area contributed by atoms with E-state index in [2.05, 4.69) is 5.32 Å². The number of methoxy groups -OCH3 is 1. The molecular weight excluding hydrogens is 314 g/mol. The molecule has 0 spiro atoms. The molecule has 0 aliphatic carbocycles. The van der Waals surface area contributed by atoms with Gasteiger partial charge in [-0.05, 0) is 50.5 Å². The Morgan fingerprint density at radius 3 is 2.20 bits per heavy atom. The van der Waals surface area contributed by atoms with Gasteiger partial charge in [0, 0.05) is 6.54 Å². The number of nitrogens with one attached hydrogen (secondary N) is 1. The third-order valence-electron chi connectivity index (χ3n) is 3.69. The fourth-order valence-electron chi connectivity index (χ4n) is 2.45. The Balaban J connectivity index is 2.05. The van der Waals surface area contributed by atoms with Crippen LogP contribution in [-0.2, 0) is 22.5 Å². The molecule has 0 amide bonds. The van der Waals surface area contributed by atoms with Gasteiger partial charge >= 0.3 is 5.97 Å². The van der Waals surface area contributed by atoms with Crippen LogP contribution in [0, 0.1) is 0 Å².